The largest absolute Gasteiger partial charge is 0.478 e. The van der Waals surface area contributed by atoms with E-state index in [1.54, 1.807) is 12.1 Å². The Hall–Kier alpha value is -2.41. The summed E-state index contributed by atoms with van der Waals surface area (Å²) in [7, 11) is 0. The number of tetrazole rings is 1. The van der Waals surface area contributed by atoms with Gasteiger partial charge in [-0.2, -0.15) is 11.8 Å². The number of aryl methyl sites for hydroxylation is 1. The number of aromatic amines is 1. The number of nitrogens with one attached hydrogen (secondary N) is 1. The minimum Gasteiger partial charge on any atom is -0.478 e. The molecule has 174 valence electrons. The van der Waals surface area contributed by atoms with Crippen LogP contribution in [0.3, 0.4) is 0 Å². The second kappa shape index (κ2) is 16.3. The first-order valence-electron chi connectivity index (χ1n) is 11.7. The summed E-state index contributed by atoms with van der Waals surface area (Å²) in [6, 6.07) is 7.20. The summed E-state index contributed by atoms with van der Waals surface area (Å²) in [4.78, 5) is 11.3. The molecule has 0 saturated carbocycles. The van der Waals surface area contributed by atoms with Gasteiger partial charge in [0.1, 0.15) is 5.82 Å². The van der Waals surface area contributed by atoms with E-state index < -0.39 is 5.97 Å². The molecule has 0 fully saturated rings. The van der Waals surface area contributed by atoms with Gasteiger partial charge in [-0.1, -0.05) is 81.9 Å². The molecule has 6 nitrogen and oxygen atoms in total. The van der Waals surface area contributed by atoms with Gasteiger partial charge in [0, 0.05) is 17.4 Å². The second-order valence-corrected chi connectivity index (χ2v) is 9.29. The van der Waals surface area contributed by atoms with Crippen LogP contribution in [0.15, 0.2) is 48.6 Å². The Morgan fingerprint density at radius 2 is 1.97 bits per heavy atom. The van der Waals surface area contributed by atoms with Crippen LogP contribution in [0.1, 0.15) is 80.0 Å². The van der Waals surface area contributed by atoms with E-state index in [9.17, 15) is 9.90 Å². The molecule has 1 aromatic heterocycles. The van der Waals surface area contributed by atoms with E-state index in [2.05, 4.69) is 51.9 Å². The van der Waals surface area contributed by atoms with Gasteiger partial charge in [0.05, 0.1) is 5.56 Å². The van der Waals surface area contributed by atoms with Gasteiger partial charge < -0.3 is 5.11 Å². The molecule has 0 saturated heterocycles. The molecule has 7 heteroatoms. The Labute approximate surface area is 196 Å². The van der Waals surface area contributed by atoms with Crippen LogP contribution in [-0.4, -0.2) is 42.7 Å². The topological polar surface area (TPSA) is 91.8 Å². The number of carbonyl (C=O) groups is 1. The Morgan fingerprint density at radius 3 is 2.72 bits per heavy atom. The van der Waals surface area contributed by atoms with Crippen molar-refractivity contribution in [2.45, 2.75) is 76.4 Å². The molecular formula is C25H36N4O2S. The summed E-state index contributed by atoms with van der Waals surface area (Å²) < 4.78 is 0. The monoisotopic (exact) mass is 456 g/mol. The van der Waals surface area contributed by atoms with Gasteiger partial charge in [-0.15, -0.1) is 5.10 Å². The molecule has 0 bridgehead atoms. The molecule has 1 atom stereocenters. The fourth-order valence-electron chi connectivity index (χ4n) is 3.42. The van der Waals surface area contributed by atoms with Crippen molar-refractivity contribution >= 4 is 17.7 Å². The minimum atomic E-state index is -0.891. The van der Waals surface area contributed by atoms with Gasteiger partial charge in [-0.25, -0.2) is 9.89 Å². The predicted molar refractivity (Wildman–Crippen MR) is 132 cm³/mol. The number of hydrogen-bond acceptors (Lipinski definition) is 5. The highest BCUT2D eigenvalue weighted by Crippen LogP contribution is 2.20. The van der Waals surface area contributed by atoms with Crippen LogP contribution in [0.2, 0.25) is 0 Å². The van der Waals surface area contributed by atoms with Gasteiger partial charge in [0.25, 0.3) is 0 Å². The molecule has 32 heavy (non-hydrogen) atoms. The molecule has 0 aliphatic carbocycles. The van der Waals surface area contributed by atoms with Crippen molar-refractivity contribution in [1.82, 2.24) is 20.6 Å². The van der Waals surface area contributed by atoms with Crippen molar-refractivity contribution in [2.75, 3.05) is 5.75 Å². The molecule has 0 aliphatic heterocycles. The van der Waals surface area contributed by atoms with Gasteiger partial charge >= 0.3 is 5.97 Å². The molecule has 0 amide bonds. The maximum atomic E-state index is 11.3. The third-order valence-corrected chi connectivity index (χ3v) is 6.41. The Balaban J connectivity index is 1.80. The molecule has 1 heterocycles. The normalized spacial score (nSPS) is 12.7. The smallest absolute Gasteiger partial charge is 0.335 e. The molecule has 2 aromatic rings. The zero-order valence-electron chi connectivity index (χ0n) is 19.1. The predicted octanol–water partition coefficient (Wildman–Crippen LogP) is 6.04. The van der Waals surface area contributed by atoms with Crippen LogP contribution in [0.25, 0.3) is 0 Å². The van der Waals surface area contributed by atoms with E-state index in [-0.39, 0.29) is 5.25 Å². The van der Waals surface area contributed by atoms with Crippen LogP contribution in [0.4, 0.5) is 0 Å². The van der Waals surface area contributed by atoms with Crippen molar-refractivity contribution < 1.29 is 9.90 Å². The number of thioether (sulfide) groups is 1. The highest BCUT2D eigenvalue weighted by molar-refractivity contribution is 8.00. The lowest BCUT2D eigenvalue weighted by Gasteiger charge is -2.12. The third kappa shape index (κ3) is 11.3. The van der Waals surface area contributed by atoms with Crippen LogP contribution in [-0.2, 0) is 12.8 Å². The number of unbranched alkanes of at least 4 members (excludes halogenated alkanes) is 7. The standard InChI is InChI=1S/C25H36N4O2S/c1-2-3-4-5-6-7-8-9-10-11-12-16-23(32-18-17-24-26-28-29-27-24)20-21-14-13-15-22(19-21)25(30)31/h10-16,19,23H,2-9,17-18,20H2,1H3,(H,30,31)(H,26,27,28,29)/b11-10+,16-12+. The minimum absolute atomic E-state index is 0.248. The SMILES string of the molecule is CCCCCCCCC/C=C/C=C/C(Cc1cccc(C(=O)O)c1)SCCc1nnn[nH]1. The number of benzene rings is 1. The lowest BCUT2D eigenvalue weighted by molar-refractivity contribution is 0.0696. The maximum absolute atomic E-state index is 11.3. The summed E-state index contributed by atoms with van der Waals surface area (Å²) in [5.41, 5.74) is 1.36. The van der Waals surface area contributed by atoms with Gasteiger partial charge in [0.2, 0.25) is 0 Å². The zero-order valence-corrected chi connectivity index (χ0v) is 19.9. The Kier molecular flexibility index (Phi) is 13.1. The summed E-state index contributed by atoms with van der Waals surface area (Å²) in [5.74, 6) is 0.770. The number of allylic oxidation sites excluding steroid dienone is 3. The average Bonchev–Trinajstić information content (AvgIpc) is 3.31. The molecule has 0 spiro atoms. The van der Waals surface area contributed by atoms with Crippen molar-refractivity contribution in [3.8, 4) is 0 Å². The number of nitrogens with zero attached hydrogens (tertiary/aromatic N) is 3. The van der Waals surface area contributed by atoms with Crippen LogP contribution in [0, 0.1) is 0 Å². The summed E-state index contributed by atoms with van der Waals surface area (Å²) in [5, 5.41) is 23.5. The number of carboxylic acid groups (broad SMARTS) is 1. The van der Waals surface area contributed by atoms with Gasteiger partial charge in [-0.05, 0) is 47.4 Å². The number of H-pyrrole nitrogens is 1. The Bertz CT molecular complexity index is 821. The van der Waals surface area contributed by atoms with Crippen LogP contribution >= 0.6 is 11.8 Å². The zero-order chi connectivity index (χ0) is 22.9. The van der Waals surface area contributed by atoms with Crippen molar-refractivity contribution in [3.05, 3.63) is 65.5 Å². The summed E-state index contributed by atoms with van der Waals surface area (Å²) in [6.07, 6.45) is 20.7. The number of carboxylic acids is 1. The quantitative estimate of drug-likeness (QED) is 0.223. The lowest BCUT2D eigenvalue weighted by atomic mass is 10.1. The van der Waals surface area contributed by atoms with Crippen LogP contribution < -0.4 is 0 Å². The summed E-state index contributed by atoms with van der Waals surface area (Å²) in [6.45, 7) is 2.25. The average molecular weight is 457 g/mol. The summed E-state index contributed by atoms with van der Waals surface area (Å²) >= 11 is 1.83. The highest BCUT2D eigenvalue weighted by Gasteiger charge is 2.10. The third-order valence-electron chi connectivity index (χ3n) is 5.22. The molecule has 0 radical (unpaired) electrons. The molecule has 1 aromatic carbocycles. The van der Waals surface area contributed by atoms with E-state index in [1.165, 1.54) is 44.9 Å². The molecule has 2 N–H and O–H groups in total. The molecule has 0 aliphatic rings. The fourth-order valence-corrected chi connectivity index (χ4v) is 4.55. The van der Waals surface area contributed by atoms with Gasteiger partial charge in [0.15, 0.2) is 0 Å². The molecular weight excluding hydrogens is 420 g/mol. The first-order valence-corrected chi connectivity index (χ1v) is 12.7. The highest BCUT2D eigenvalue weighted by atomic mass is 32.2. The van der Waals surface area contributed by atoms with E-state index in [0.717, 1.165) is 36.4 Å². The lowest BCUT2D eigenvalue weighted by Crippen LogP contribution is -2.07. The van der Waals surface area contributed by atoms with E-state index >= 15 is 0 Å². The van der Waals surface area contributed by atoms with Gasteiger partial charge in [-0.3, -0.25) is 0 Å². The van der Waals surface area contributed by atoms with Crippen LogP contribution in [0.5, 0.6) is 0 Å². The van der Waals surface area contributed by atoms with E-state index in [4.69, 9.17) is 0 Å². The molecule has 2 rings (SSSR count). The van der Waals surface area contributed by atoms with E-state index in [0.29, 0.717) is 5.56 Å². The fraction of sp³-hybridized carbons (Fsp3) is 0.520. The first-order chi connectivity index (χ1) is 15.7. The molecule has 1 unspecified atom stereocenters. The number of hydrogen-bond donors (Lipinski definition) is 2. The maximum Gasteiger partial charge on any atom is 0.335 e. The van der Waals surface area contributed by atoms with Crippen molar-refractivity contribution in [2.24, 2.45) is 0 Å². The van der Waals surface area contributed by atoms with Crippen molar-refractivity contribution in [3.63, 3.8) is 0 Å². The number of rotatable bonds is 17. The van der Waals surface area contributed by atoms with Crippen molar-refractivity contribution in [1.29, 1.82) is 0 Å². The number of aromatic carboxylic acids is 1. The number of aromatic nitrogens is 4. The first kappa shape index (κ1) is 25.8. The Morgan fingerprint density at radius 1 is 1.16 bits per heavy atom. The van der Waals surface area contributed by atoms with E-state index in [1.807, 2.05) is 23.9 Å². The second-order valence-electron chi connectivity index (χ2n) is 7.94.